The fourth-order valence-corrected chi connectivity index (χ4v) is 4.66. The van der Waals surface area contributed by atoms with Crippen molar-refractivity contribution in [1.82, 2.24) is 0 Å². The standard InChI is InChI=1S/2C12H10P.2Li/c2*13-12-9-5-4-8-11(12)10-6-2-1-3-7-10;;/h2*1-9,13H;;/q2*-1;2*+1. The number of hydrogen-bond donors (Lipinski definition) is 0. The van der Waals surface area contributed by atoms with Gasteiger partial charge in [0, 0.05) is 0 Å². The molecule has 0 radical (unpaired) electrons. The Bertz CT molecular complexity index is 906. The second-order valence-corrected chi connectivity index (χ2v) is 8.40. The summed E-state index contributed by atoms with van der Waals surface area (Å²) >= 11 is 4.45. The molecule has 0 amide bonds. The zero-order valence-electron chi connectivity index (χ0n) is 16.4. The van der Waals surface area contributed by atoms with Crippen LogP contribution < -0.4 is 10.6 Å². The molecule has 2 atom stereocenters. The van der Waals surface area contributed by atoms with Crippen molar-refractivity contribution >= 4 is 59.1 Å². The number of hydrogen-bond acceptors (Lipinski definition) is 0. The van der Waals surface area contributed by atoms with Crippen molar-refractivity contribution in [1.29, 1.82) is 0 Å². The van der Waals surface area contributed by atoms with Crippen LogP contribution in [0.2, 0.25) is 0 Å². The molecule has 0 aliphatic carbocycles. The first-order chi connectivity index (χ1) is 13.8. The van der Waals surface area contributed by atoms with Gasteiger partial charge in [-0.25, -0.2) is 0 Å². The fourth-order valence-electron chi connectivity index (χ4n) is 3.14. The van der Waals surface area contributed by atoms with E-state index in [-0.39, 0.29) is 0 Å². The van der Waals surface area contributed by atoms with Crippen LogP contribution in [0.15, 0.2) is 109 Å². The average Bonchev–Trinajstić information content (AvgIpc) is 2.80. The van der Waals surface area contributed by atoms with Crippen LogP contribution in [0.1, 0.15) is 0 Å². The van der Waals surface area contributed by atoms with E-state index in [1.54, 1.807) is 0 Å². The monoisotopic (exact) mass is 384 g/mol. The first kappa shape index (κ1) is 21.6. The van der Waals surface area contributed by atoms with E-state index < -0.39 is 0 Å². The zero-order valence-corrected chi connectivity index (χ0v) is 18.4. The molecule has 28 heavy (non-hydrogen) atoms. The van der Waals surface area contributed by atoms with Crippen LogP contribution in [-0.4, -0.2) is 34.5 Å². The van der Waals surface area contributed by atoms with Crippen LogP contribution in [0.4, 0.5) is 0 Å². The molecule has 4 aromatic rings. The van der Waals surface area contributed by atoms with Gasteiger partial charge in [0.1, 0.15) is 0 Å². The van der Waals surface area contributed by atoms with E-state index in [9.17, 15) is 0 Å². The Hall–Kier alpha value is -1.07. The molecule has 0 nitrogen and oxygen atoms in total. The fraction of sp³-hybridized carbons (Fsp3) is 0. The van der Waals surface area contributed by atoms with E-state index in [1.165, 1.54) is 32.9 Å². The Morgan fingerprint density at radius 2 is 0.714 bits per heavy atom. The molecule has 0 aliphatic heterocycles. The van der Waals surface area contributed by atoms with Gasteiger partial charge in [0.15, 0.2) is 0 Å². The number of rotatable bonds is 4. The van der Waals surface area contributed by atoms with Gasteiger partial charge in [-0.1, -0.05) is 0 Å². The number of benzene rings is 4. The van der Waals surface area contributed by atoms with Crippen molar-refractivity contribution in [3.8, 4) is 22.3 Å². The van der Waals surface area contributed by atoms with Crippen molar-refractivity contribution in [2.24, 2.45) is 0 Å². The SMILES string of the molecule is [Li][PH]c1ccccc1-c1ccccc1.[Li][PH]c1ccccc1-c1ccccc1. The summed E-state index contributed by atoms with van der Waals surface area (Å²) in [5.41, 5.74) is 5.37. The van der Waals surface area contributed by atoms with Gasteiger partial charge in [0.25, 0.3) is 0 Å². The normalized spacial score (nSPS) is 11.0. The average molecular weight is 384 g/mol. The predicted octanol–water partition coefficient (Wildman–Crippen LogP) is 5.48. The third kappa shape index (κ3) is 5.97. The summed E-state index contributed by atoms with van der Waals surface area (Å²) in [4.78, 5) is 0. The summed E-state index contributed by atoms with van der Waals surface area (Å²) < 4.78 is 0. The molecule has 0 saturated carbocycles. The van der Waals surface area contributed by atoms with Crippen molar-refractivity contribution in [2.45, 2.75) is 0 Å². The summed E-state index contributed by atoms with van der Waals surface area (Å²) in [5.74, 6) is 0. The second kappa shape index (κ2) is 11.8. The summed E-state index contributed by atoms with van der Waals surface area (Å²) in [6.07, 6.45) is 0. The molecule has 2 unspecified atom stereocenters. The molecule has 0 N–H and O–H groups in total. The van der Waals surface area contributed by atoms with Crippen LogP contribution in [0.25, 0.3) is 22.3 Å². The Morgan fingerprint density at radius 3 is 1.07 bits per heavy atom. The van der Waals surface area contributed by atoms with E-state index in [2.05, 4.69) is 144 Å². The van der Waals surface area contributed by atoms with Gasteiger partial charge in [0.2, 0.25) is 0 Å². The van der Waals surface area contributed by atoms with E-state index in [4.69, 9.17) is 0 Å². The van der Waals surface area contributed by atoms with E-state index in [0.717, 1.165) is 14.0 Å². The molecular formula is C24H20Li2P2. The van der Waals surface area contributed by atoms with Crippen molar-refractivity contribution in [2.75, 3.05) is 0 Å². The van der Waals surface area contributed by atoms with E-state index >= 15 is 0 Å². The molecule has 0 spiro atoms. The Balaban J connectivity index is 0.000000161. The van der Waals surface area contributed by atoms with Crippen molar-refractivity contribution < 1.29 is 0 Å². The van der Waals surface area contributed by atoms with Gasteiger partial charge in [-0.3, -0.25) is 0 Å². The molecular weight excluding hydrogens is 364 g/mol. The molecule has 128 valence electrons. The van der Waals surface area contributed by atoms with Crippen molar-refractivity contribution in [3.63, 3.8) is 0 Å². The molecule has 0 aromatic heterocycles. The zero-order chi connectivity index (χ0) is 19.6. The first-order valence-electron chi connectivity index (χ1n) is 9.48. The molecule has 0 bridgehead atoms. The molecule has 4 aromatic carbocycles. The maximum atomic E-state index is 2.22. The van der Waals surface area contributed by atoms with Crippen LogP contribution >= 0.6 is 14.0 Å². The summed E-state index contributed by atoms with van der Waals surface area (Å²) in [5, 5.41) is 2.89. The van der Waals surface area contributed by atoms with Crippen LogP contribution in [0, 0.1) is 0 Å². The van der Waals surface area contributed by atoms with Gasteiger partial charge < -0.3 is 0 Å². The first-order valence-corrected chi connectivity index (χ1v) is 12.5. The molecule has 0 saturated heterocycles. The van der Waals surface area contributed by atoms with Crippen LogP contribution in [-0.2, 0) is 0 Å². The minimum atomic E-state index is 0.854. The van der Waals surface area contributed by atoms with E-state index in [0.29, 0.717) is 0 Å². The van der Waals surface area contributed by atoms with Crippen LogP contribution in [0.3, 0.4) is 0 Å². The summed E-state index contributed by atoms with van der Waals surface area (Å²) in [6, 6.07) is 38.4. The molecule has 0 aliphatic rings. The molecule has 4 rings (SSSR count). The maximum absolute atomic E-state index is 2.22. The minimum absolute atomic E-state index is 0.854. The Kier molecular flexibility index (Phi) is 9.13. The van der Waals surface area contributed by atoms with Gasteiger partial charge in [-0.05, 0) is 0 Å². The van der Waals surface area contributed by atoms with E-state index in [1.807, 2.05) is 0 Å². The van der Waals surface area contributed by atoms with Gasteiger partial charge in [0.05, 0.1) is 0 Å². The van der Waals surface area contributed by atoms with Crippen LogP contribution in [0.5, 0.6) is 0 Å². The Morgan fingerprint density at radius 1 is 0.393 bits per heavy atom. The third-order valence-corrected chi connectivity index (χ3v) is 6.51. The quantitative estimate of drug-likeness (QED) is 0.323. The van der Waals surface area contributed by atoms with Crippen molar-refractivity contribution in [3.05, 3.63) is 109 Å². The molecule has 0 fully saturated rings. The topological polar surface area (TPSA) is 0 Å². The van der Waals surface area contributed by atoms with Gasteiger partial charge in [-0.2, -0.15) is 0 Å². The second-order valence-electron chi connectivity index (χ2n) is 6.32. The predicted molar refractivity (Wildman–Crippen MR) is 131 cm³/mol. The molecule has 0 heterocycles. The van der Waals surface area contributed by atoms with Gasteiger partial charge >= 0.3 is 191 Å². The summed E-state index contributed by atoms with van der Waals surface area (Å²) in [7, 11) is 1.71. The van der Waals surface area contributed by atoms with Gasteiger partial charge in [-0.15, -0.1) is 0 Å². The third-order valence-electron chi connectivity index (χ3n) is 4.56. The Labute approximate surface area is 189 Å². The summed E-state index contributed by atoms with van der Waals surface area (Å²) in [6.45, 7) is 0. The molecule has 4 heteroatoms.